The summed E-state index contributed by atoms with van der Waals surface area (Å²) in [6.07, 6.45) is 3.43. The van der Waals surface area contributed by atoms with Gasteiger partial charge in [0, 0.05) is 25.6 Å². The van der Waals surface area contributed by atoms with E-state index in [1.54, 1.807) is 0 Å². The Morgan fingerprint density at radius 3 is 2.65 bits per heavy atom. The molecular formula is C14H24N4O2. The zero-order valence-corrected chi connectivity index (χ0v) is 12.3. The number of aliphatic hydroxyl groups excluding tert-OH is 1. The van der Waals surface area contributed by atoms with Gasteiger partial charge in [-0.15, -0.1) is 0 Å². The molecule has 2 heterocycles. The van der Waals surface area contributed by atoms with Crippen LogP contribution in [-0.4, -0.2) is 64.9 Å². The molecule has 112 valence electrons. The van der Waals surface area contributed by atoms with Crippen LogP contribution >= 0.6 is 0 Å². The quantitative estimate of drug-likeness (QED) is 0.872. The summed E-state index contributed by atoms with van der Waals surface area (Å²) in [4.78, 5) is 9.23. The first-order valence-electron chi connectivity index (χ1n) is 7.54. The van der Waals surface area contributed by atoms with E-state index in [0.29, 0.717) is 5.92 Å². The van der Waals surface area contributed by atoms with Crippen LogP contribution in [0.5, 0.6) is 0 Å². The molecule has 0 bridgehead atoms. The van der Waals surface area contributed by atoms with E-state index in [9.17, 15) is 5.11 Å². The normalized spacial score (nSPS) is 33.5. The van der Waals surface area contributed by atoms with Gasteiger partial charge in [-0.3, -0.25) is 4.90 Å². The maximum atomic E-state index is 9.57. The lowest BCUT2D eigenvalue weighted by molar-refractivity contribution is 0.107. The van der Waals surface area contributed by atoms with Crippen molar-refractivity contribution in [2.45, 2.75) is 43.7 Å². The minimum absolute atomic E-state index is 0.147. The minimum atomic E-state index is -0.147. The van der Waals surface area contributed by atoms with Gasteiger partial charge in [0.05, 0.1) is 12.1 Å². The lowest BCUT2D eigenvalue weighted by Crippen LogP contribution is -2.45. The van der Waals surface area contributed by atoms with Crippen LogP contribution in [0.1, 0.15) is 49.4 Å². The second-order valence-corrected chi connectivity index (χ2v) is 6.25. The molecule has 2 fully saturated rings. The van der Waals surface area contributed by atoms with Gasteiger partial charge in [-0.2, -0.15) is 4.98 Å². The van der Waals surface area contributed by atoms with E-state index in [2.05, 4.69) is 34.0 Å². The highest BCUT2D eigenvalue weighted by Crippen LogP contribution is 2.32. The van der Waals surface area contributed by atoms with Crippen molar-refractivity contribution in [3.05, 3.63) is 11.7 Å². The topological polar surface area (TPSA) is 65.6 Å². The fraction of sp³-hybridized carbons (Fsp3) is 0.857. The summed E-state index contributed by atoms with van der Waals surface area (Å²) >= 11 is 0. The van der Waals surface area contributed by atoms with Crippen LogP contribution < -0.4 is 0 Å². The van der Waals surface area contributed by atoms with Crippen molar-refractivity contribution in [2.24, 2.45) is 0 Å². The van der Waals surface area contributed by atoms with Crippen molar-refractivity contribution in [1.82, 2.24) is 19.9 Å². The van der Waals surface area contributed by atoms with E-state index >= 15 is 0 Å². The van der Waals surface area contributed by atoms with E-state index in [0.717, 1.165) is 57.0 Å². The summed E-state index contributed by atoms with van der Waals surface area (Å²) in [6, 6.07) is 0.223. The van der Waals surface area contributed by atoms with Crippen LogP contribution in [0.2, 0.25) is 0 Å². The van der Waals surface area contributed by atoms with Crippen LogP contribution in [0, 0.1) is 0 Å². The molecule has 6 nitrogen and oxygen atoms in total. The average molecular weight is 280 g/mol. The van der Waals surface area contributed by atoms with Gasteiger partial charge in [0.2, 0.25) is 5.89 Å². The Morgan fingerprint density at radius 1 is 1.15 bits per heavy atom. The molecule has 20 heavy (non-hydrogen) atoms. The molecular weight excluding hydrogens is 256 g/mol. The molecule has 1 aliphatic heterocycles. The van der Waals surface area contributed by atoms with Crippen LogP contribution in [0.25, 0.3) is 0 Å². The summed E-state index contributed by atoms with van der Waals surface area (Å²) in [5, 5.41) is 13.8. The van der Waals surface area contributed by atoms with Crippen molar-refractivity contribution in [3.8, 4) is 0 Å². The molecule has 1 aromatic heterocycles. The Morgan fingerprint density at radius 2 is 1.90 bits per heavy atom. The van der Waals surface area contributed by atoms with Gasteiger partial charge >= 0.3 is 0 Å². The summed E-state index contributed by atoms with van der Waals surface area (Å²) in [7, 11) is 4.24. The number of hydrogen-bond donors (Lipinski definition) is 1. The number of aromatic nitrogens is 2. The fourth-order valence-electron chi connectivity index (χ4n) is 3.16. The monoisotopic (exact) mass is 280 g/mol. The Labute approximate surface area is 119 Å². The Balaban J connectivity index is 1.69. The van der Waals surface area contributed by atoms with Crippen molar-refractivity contribution >= 4 is 0 Å². The van der Waals surface area contributed by atoms with Crippen LogP contribution in [-0.2, 0) is 0 Å². The second kappa shape index (κ2) is 5.79. The van der Waals surface area contributed by atoms with Gasteiger partial charge in [0.1, 0.15) is 0 Å². The molecule has 2 aliphatic rings. The van der Waals surface area contributed by atoms with E-state index in [1.807, 2.05) is 0 Å². The third-order valence-corrected chi connectivity index (χ3v) is 4.65. The van der Waals surface area contributed by atoms with Crippen LogP contribution in [0.3, 0.4) is 0 Å². The smallest absolute Gasteiger partial charge is 0.229 e. The van der Waals surface area contributed by atoms with Crippen molar-refractivity contribution < 1.29 is 9.63 Å². The molecule has 1 saturated heterocycles. The van der Waals surface area contributed by atoms with E-state index in [1.165, 1.54) is 0 Å². The zero-order chi connectivity index (χ0) is 14.1. The molecule has 0 amide bonds. The molecule has 1 saturated carbocycles. The van der Waals surface area contributed by atoms with Crippen LogP contribution in [0.4, 0.5) is 0 Å². The number of nitrogens with zero attached hydrogens (tertiary/aromatic N) is 4. The molecule has 1 N–H and O–H groups in total. The Hall–Kier alpha value is -0.980. The van der Waals surface area contributed by atoms with Gasteiger partial charge in [-0.25, -0.2) is 0 Å². The Bertz CT molecular complexity index is 442. The number of aliphatic hydroxyl groups is 1. The summed E-state index contributed by atoms with van der Waals surface area (Å²) < 4.78 is 5.49. The number of piperazine rings is 1. The zero-order valence-electron chi connectivity index (χ0n) is 12.3. The SMILES string of the molecule is CN1CCN(C)C(c2noc(C3CCC(O)CC3)n2)C1. The lowest BCUT2D eigenvalue weighted by Gasteiger charge is -2.35. The lowest BCUT2D eigenvalue weighted by atomic mass is 9.87. The highest BCUT2D eigenvalue weighted by molar-refractivity contribution is 5.02. The fourth-order valence-corrected chi connectivity index (χ4v) is 3.16. The third-order valence-electron chi connectivity index (χ3n) is 4.65. The first-order valence-corrected chi connectivity index (χ1v) is 7.54. The first kappa shape index (κ1) is 14.0. The molecule has 0 radical (unpaired) electrons. The maximum Gasteiger partial charge on any atom is 0.229 e. The average Bonchev–Trinajstić information content (AvgIpc) is 2.92. The van der Waals surface area contributed by atoms with Gasteiger partial charge in [-0.1, -0.05) is 5.16 Å². The summed E-state index contributed by atoms with van der Waals surface area (Å²) in [5.41, 5.74) is 0. The second-order valence-electron chi connectivity index (χ2n) is 6.25. The van der Waals surface area contributed by atoms with Gasteiger partial charge < -0.3 is 14.5 Å². The van der Waals surface area contributed by atoms with Crippen molar-refractivity contribution in [2.75, 3.05) is 33.7 Å². The molecule has 1 atom stereocenters. The van der Waals surface area contributed by atoms with Gasteiger partial charge in [0.25, 0.3) is 0 Å². The number of likely N-dealkylation sites (N-methyl/N-ethyl adjacent to an activating group) is 2. The van der Waals surface area contributed by atoms with E-state index in [-0.39, 0.29) is 12.1 Å². The predicted molar refractivity (Wildman–Crippen MR) is 74.4 cm³/mol. The van der Waals surface area contributed by atoms with E-state index < -0.39 is 0 Å². The summed E-state index contributed by atoms with van der Waals surface area (Å²) in [6.45, 7) is 3.05. The number of rotatable bonds is 2. The molecule has 0 spiro atoms. The largest absolute Gasteiger partial charge is 0.393 e. The van der Waals surface area contributed by atoms with Gasteiger partial charge in [0.15, 0.2) is 5.82 Å². The number of hydrogen-bond acceptors (Lipinski definition) is 6. The first-order chi connectivity index (χ1) is 9.63. The van der Waals surface area contributed by atoms with Crippen molar-refractivity contribution in [1.29, 1.82) is 0 Å². The van der Waals surface area contributed by atoms with Crippen LogP contribution in [0.15, 0.2) is 4.52 Å². The highest BCUT2D eigenvalue weighted by atomic mass is 16.5. The van der Waals surface area contributed by atoms with Gasteiger partial charge in [-0.05, 0) is 39.8 Å². The molecule has 3 rings (SSSR count). The summed E-state index contributed by atoms with van der Waals surface area (Å²) in [5.74, 6) is 1.89. The molecule has 6 heteroatoms. The van der Waals surface area contributed by atoms with E-state index in [4.69, 9.17) is 4.52 Å². The third kappa shape index (κ3) is 2.87. The highest BCUT2D eigenvalue weighted by Gasteiger charge is 2.30. The standard InChI is InChI=1S/C14H24N4O2/c1-17-7-8-18(2)12(9-17)13-15-14(20-16-13)10-3-5-11(19)6-4-10/h10-12,19H,3-9H2,1-2H3. The Kier molecular flexibility index (Phi) is 4.05. The molecule has 1 aromatic rings. The minimum Gasteiger partial charge on any atom is -0.393 e. The van der Waals surface area contributed by atoms with Crippen molar-refractivity contribution in [3.63, 3.8) is 0 Å². The molecule has 1 aliphatic carbocycles. The maximum absolute atomic E-state index is 9.57. The molecule has 1 unspecified atom stereocenters. The molecule has 0 aromatic carbocycles. The predicted octanol–water partition coefficient (Wildman–Crippen LogP) is 1.01.